The van der Waals surface area contributed by atoms with Crippen LogP contribution < -0.4 is 4.90 Å². The number of hydrogen-bond acceptors (Lipinski definition) is 5. The average molecular weight is 352 g/mol. The highest BCUT2D eigenvalue weighted by Crippen LogP contribution is 2.23. The van der Waals surface area contributed by atoms with E-state index in [-0.39, 0.29) is 0 Å². The molecule has 0 saturated carbocycles. The van der Waals surface area contributed by atoms with Crippen molar-refractivity contribution in [3.8, 4) is 0 Å². The molecule has 0 N–H and O–H groups in total. The normalized spacial score (nSPS) is 19.6. The molecule has 2 aliphatic heterocycles. The van der Waals surface area contributed by atoms with Crippen LogP contribution in [0.15, 0.2) is 42.6 Å². The molecule has 3 heterocycles. The van der Waals surface area contributed by atoms with Crippen molar-refractivity contribution in [1.82, 2.24) is 14.9 Å². The average Bonchev–Trinajstić information content (AvgIpc) is 2.70. The van der Waals surface area contributed by atoms with Crippen molar-refractivity contribution in [2.45, 2.75) is 19.3 Å². The van der Waals surface area contributed by atoms with Crippen molar-refractivity contribution in [2.24, 2.45) is 5.92 Å². The fourth-order valence-electron chi connectivity index (χ4n) is 3.92. The number of rotatable bonds is 5. The van der Waals surface area contributed by atoms with Gasteiger partial charge in [0.25, 0.3) is 0 Å². The zero-order chi connectivity index (χ0) is 17.6. The molecule has 26 heavy (non-hydrogen) atoms. The molecule has 2 saturated heterocycles. The van der Waals surface area contributed by atoms with Gasteiger partial charge in [0.2, 0.25) is 0 Å². The molecule has 0 atom stereocenters. The third kappa shape index (κ3) is 4.59. The first-order valence-corrected chi connectivity index (χ1v) is 9.78. The molecule has 5 heteroatoms. The number of aromatic nitrogens is 2. The SMILES string of the molecule is c1ccc(Cc2nccc(N3CCC(CN4CCOCC4)CC3)n2)cc1. The van der Waals surface area contributed by atoms with Gasteiger partial charge in [0.05, 0.1) is 13.2 Å². The summed E-state index contributed by atoms with van der Waals surface area (Å²) in [7, 11) is 0. The summed E-state index contributed by atoms with van der Waals surface area (Å²) >= 11 is 0. The second-order valence-corrected chi connectivity index (χ2v) is 7.34. The highest BCUT2D eigenvalue weighted by atomic mass is 16.5. The highest BCUT2D eigenvalue weighted by molar-refractivity contribution is 5.38. The summed E-state index contributed by atoms with van der Waals surface area (Å²) < 4.78 is 5.45. The van der Waals surface area contributed by atoms with Crippen LogP contribution in [-0.4, -0.2) is 60.8 Å². The van der Waals surface area contributed by atoms with Crippen LogP contribution in [0.2, 0.25) is 0 Å². The molecule has 138 valence electrons. The Bertz CT molecular complexity index is 679. The lowest BCUT2D eigenvalue weighted by Gasteiger charge is -2.36. The summed E-state index contributed by atoms with van der Waals surface area (Å²) in [6, 6.07) is 12.5. The molecular weight excluding hydrogens is 324 g/mol. The van der Waals surface area contributed by atoms with Gasteiger partial charge in [-0.1, -0.05) is 30.3 Å². The van der Waals surface area contributed by atoms with E-state index in [0.717, 1.165) is 63.4 Å². The van der Waals surface area contributed by atoms with Crippen molar-refractivity contribution in [2.75, 3.05) is 50.8 Å². The molecule has 0 amide bonds. The van der Waals surface area contributed by atoms with Gasteiger partial charge in [-0.2, -0.15) is 0 Å². The Labute approximate surface area is 156 Å². The second-order valence-electron chi connectivity index (χ2n) is 7.34. The highest BCUT2D eigenvalue weighted by Gasteiger charge is 2.23. The lowest BCUT2D eigenvalue weighted by Crippen LogP contribution is -2.43. The van der Waals surface area contributed by atoms with Crippen LogP contribution in [0.1, 0.15) is 24.2 Å². The van der Waals surface area contributed by atoms with E-state index in [1.807, 2.05) is 12.3 Å². The van der Waals surface area contributed by atoms with E-state index in [0.29, 0.717) is 0 Å². The van der Waals surface area contributed by atoms with Crippen LogP contribution in [-0.2, 0) is 11.2 Å². The number of nitrogens with zero attached hydrogens (tertiary/aromatic N) is 4. The number of hydrogen-bond donors (Lipinski definition) is 0. The molecule has 2 aromatic rings. The third-order valence-electron chi connectivity index (χ3n) is 5.45. The van der Waals surface area contributed by atoms with Crippen molar-refractivity contribution < 1.29 is 4.74 Å². The minimum atomic E-state index is 0.794. The number of benzene rings is 1. The molecule has 1 aromatic carbocycles. The summed E-state index contributed by atoms with van der Waals surface area (Å²) in [5.74, 6) is 2.79. The van der Waals surface area contributed by atoms with Crippen LogP contribution >= 0.6 is 0 Å². The van der Waals surface area contributed by atoms with Crippen molar-refractivity contribution >= 4 is 5.82 Å². The Morgan fingerprint density at radius 1 is 0.962 bits per heavy atom. The molecule has 0 bridgehead atoms. The van der Waals surface area contributed by atoms with Crippen LogP contribution in [0.3, 0.4) is 0 Å². The molecule has 0 radical (unpaired) electrons. The Morgan fingerprint density at radius 2 is 1.73 bits per heavy atom. The van der Waals surface area contributed by atoms with E-state index in [9.17, 15) is 0 Å². The van der Waals surface area contributed by atoms with E-state index in [4.69, 9.17) is 9.72 Å². The molecule has 2 fully saturated rings. The van der Waals surface area contributed by atoms with Crippen LogP contribution in [0.4, 0.5) is 5.82 Å². The maximum Gasteiger partial charge on any atom is 0.135 e. The number of piperidine rings is 1. The lowest BCUT2D eigenvalue weighted by atomic mass is 9.96. The molecule has 4 rings (SSSR count). The van der Waals surface area contributed by atoms with Crippen LogP contribution in [0.5, 0.6) is 0 Å². The summed E-state index contributed by atoms with van der Waals surface area (Å²) in [6.07, 6.45) is 5.19. The van der Waals surface area contributed by atoms with Crippen molar-refractivity contribution in [3.05, 3.63) is 54.0 Å². The first-order chi connectivity index (χ1) is 12.9. The standard InChI is InChI=1S/C21H28N4O/c1-2-4-18(5-3-1)16-20-22-9-6-21(23-20)25-10-7-19(8-11-25)17-24-12-14-26-15-13-24/h1-6,9,19H,7-8,10-17H2. The molecule has 0 unspecified atom stereocenters. The van der Waals surface area contributed by atoms with E-state index in [2.05, 4.69) is 45.1 Å². The number of anilines is 1. The minimum Gasteiger partial charge on any atom is -0.379 e. The zero-order valence-corrected chi connectivity index (χ0v) is 15.4. The Balaban J connectivity index is 1.32. The van der Waals surface area contributed by atoms with E-state index < -0.39 is 0 Å². The summed E-state index contributed by atoms with van der Waals surface area (Å²) in [4.78, 5) is 14.3. The molecule has 0 aliphatic carbocycles. The molecule has 5 nitrogen and oxygen atoms in total. The van der Waals surface area contributed by atoms with Gasteiger partial charge >= 0.3 is 0 Å². The predicted molar refractivity (Wildman–Crippen MR) is 103 cm³/mol. The quantitative estimate of drug-likeness (QED) is 0.827. The minimum absolute atomic E-state index is 0.794. The smallest absolute Gasteiger partial charge is 0.135 e. The monoisotopic (exact) mass is 352 g/mol. The largest absolute Gasteiger partial charge is 0.379 e. The van der Waals surface area contributed by atoms with Gasteiger partial charge in [-0.25, -0.2) is 9.97 Å². The van der Waals surface area contributed by atoms with Gasteiger partial charge in [0.15, 0.2) is 0 Å². The first kappa shape index (κ1) is 17.4. The summed E-state index contributed by atoms with van der Waals surface area (Å²) in [6.45, 7) is 7.38. The molecule has 2 aliphatic rings. The van der Waals surface area contributed by atoms with Gasteiger partial charge in [0.1, 0.15) is 11.6 Å². The van der Waals surface area contributed by atoms with Crippen LogP contribution in [0, 0.1) is 5.92 Å². The summed E-state index contributed by atoms with van der Waals surface area (Å²) in [5, 5.41) is 0. The van der Waals surface area contributed by atoms with Crippen LogP contribution in [0.25, 0.3) is 0 Å². The van der Waals surface area contributed by atoms with Gasteiger partial charge in [-0.3, -0.25) is 4.90 Å². The van der Waals surface area contributed by atoms with Gasteiger partial charge in [0, 0.05) is 45.3 Å². The van der Waals surface area contributed by atoms with Crippen molar-refractivity contribution in [1.29, 1.82) is 0 Å². The molecular formula is C21H28N4O. The van der Waals surface area contributed by atoms with E-state index >= 15 is 0 Å². The van der Waals surface area contributed by atoms with Crippen molar-refractivity contribution in [3.63, 3.8) is 0 Å². The molecule has 1 aromatic heterocycles. The van der Waals surface area contributed by atoms with E-state index in [1.54, 1.807) is 0 Å². The first-order valence-electron chi connectivity index (χ1n) is 9.78. The maximum atomic E-state index is 5.45. The number of morpholine rings is 1. The number of ether oxygens (including phenoxy) is 1. The van der Waals surface area contributed by atoms with Gasteiger partial charge in [-0.15, -0.1) is 0 Å². The maximum absolute atomic E-state index is 5.45. The lowest BCUT2D eigenvalue weighted by molar-refractivity contribution is 0.0289. The Hall–Kier alpha value is -1.98. The van der Waals surface area contributed by atoms with E-state index in [1.165, 1.54) is 24.9 Å². The fourth-order valence-corrected chi connectivity index (χ4v) is 3.92. The topological polar surface area (TPSA) is 41.5 Å². The third-order valence-corrected chi connectivity index (χ3v) is 5.45. The molecule has 0 spiro atoms. The Morgan fingerprint density at radius 3 is 2.50 bits per heavy atom. The Kier molecular flexibility index (Phi) is 5.77. The van der Waals surface area contributed by atoms with Gasteiger partial charge < -0.3 is 9.64 Å². The fraction of sp³-hybridized carbons (Fsp3) is 0.524. The zero-order valence-electron chi connectivity index (χ0n) is 15.4. The summed E-state index contributed by atoms with van der Waals surface area (Å²) in [5.41, 5.74) is 1.26. The second kappa shape index (κ2) is 8.60. The van der Waals surface area contributed by atoms with Gasteiger partial charge in [-0.05, 0) is 30.4 Å². The predicted octanol–water partition coefficient (Wildman–Crippen LogP) is 2.62.